The molecule has 3 aromatic rings. The molecule has 1 aromatic carbocycles. The van der Waals surface area contributed by atoms with E-state index in [4.69, 9.17) is 4.42 Å². The van der Waals surface area contributed by atoms with Gasteiger partial charge < -0.3 is 9.73 Å². The maximum absolute atomic E-state index is 14.0. The first kappa shape index (κ1) is 23.4. The summed E-state index contributed by atoms with van der Waals surface area (Å²) in [6, 6.07) is 11.5. The van der Waals surface area contributed by atoms with Crippen LogP contribution in [0, 0.1) is 13.8 Å². The number of anilines is 1. The topological polar surface area (TPSA) is 80.4 Å². The number of hydrogen-bond donors (Lipinski definition) is 1. The van der Waals surface area contributed by atoms with Gasteiger partial charge in [-0.3, -0.25) is 19.2 Å². The van der Waals surface area contributed by atoms with Gasteiger partial charge in [0.15, 0.2) is 5.76 Å². The number of carbonyl (C=O) groups is 2. The Hall–Kier alpha value is -3.35. The van der Waals surface area contributed by atoms with Crippen LogP contribution in [0.5, 0.6) is 0 Å². The van der Waals surface area contributed by atoms with E-state index in [9.17, 15) is 9.59 Å². The smallest absolute Gasteiger partial charge is 0.277 e. The third-order valence-corrected chi connectivity index (χ3v) is 7.32. The number of furan rings is 1. The van der Waals surface area contributed by atoms with E-state index in [1.54, 1.807) is 28.0 Å². The molecule has 35 heavy (non-hydrogen) atoms. The highest BCUT2D eigenvalue weighted by molar-refractivity contribution is 6.12. The highest BCUT2D eigenvalue weighted by Gasteiger charge is 2.49. The van der Waals surface area contributed by atoms with Crippen LogP contribution in [0.3, 0.4) is 0 Å². The van der Waals surface area contributed by atoms with Gasteiger partial charge in [0, 0.05) is 17.8 Å². The molecule has 0 spiro atoms. The summed E-state index contributed by atoms with van der Waals surface area (Å²) < 4.78 is 7.18. The zero-order chi connectivity index (χ0) is 24.6. The summed E-state index contributed by atoms with van der Waals surface area (Å²) >= 11 is 0. The number of nitrogens with zero attached hydrogens (tertiary/aromatic N) is 3. The molecule has 7 heteroatoms. The van der Waals surface area contributed by atoms with Gasteiger partial charge in [0.1, 0.15) is 16.9 Å². The van der Waals surface area contributed by atoms with E-state index in [-0.39, 0.29) is 24.4 Å². The molecule has 1 aliphatic carbocycles. The molecule has 0 radical (unpaired) electrons. The van der Waals surface area contributed by atoms with E-state index in [1.807, 2.05) is 39.0 Å². The molecule has 0 bridgehead atoms. The van der Waals surface area contributed by atoms with Crippen molar-refractivity contribution in [1.29, 1.82) is 0 Å². The van der Waals surface area contributed by atoms with Crippen LogP contribution in [0.4, 0.5) is 5.69 Å². The van der Waals surface area contributed by atoms with E-state index >= 15 is 0 Å². The van der Waals surface area contributed by atoms with Crippen LogP contribution in [0.15, 0.2) is 47.1 Å². The Labute approximate surface area is 206 Å². The second-order valence-corrected chi connectivity index (χ2v) is 10.3. The molecule has 184 valence electrons. The fraction of sp³-hybridized carbons (Fsp3) is 0.464. The SMILES string of the molecule is Cc1cc(C)cc(N2C(=O)c3cc(-c4ccco4)nn3C[C@@]2(C)C(=O)NC2CCCCCCC2)c1. The lowest BCUT2D eigenvalue weighted by atomic mass is 9.91. The summed E-state index contributed by atoms with van der Waals surface area (Å²) in [6.45, 7) is 6.14. The Bertz CT molecular complexity index is 1200. The highest BCUT2D eigenvalue weighted by Crippen LogP contribution is 2.35. The minimum Gasteiger partial charge on any atom is -0.463 e. The Kier molecular flexibility index (Phi) is 6.26. The molecule has 2 amide bonds. The molecule has 3 heterocycles. The third-order valence-electron chi connectivity index (χ3n) is 7.32. The molecule has 1 aliphatic heterocycles. The molecule has 0 saturated heterocycles. The number of nitrogens with one attached hydrogen (secondary N) is 1. The fourth-order valence-electron chi connectivity index (χ4n) is 5.55. The van der Waals surface area contributed by atoms with Crippen molar-refractivity contribution in [3.05, 3.63) is 59.5 Å². The van der Waals surface area contributed by atoms with Crippen LogP contribution in [0.1, 0.15) is 73.5 Å². The number of rotatable bonds is 4. The zero-order valence-corrected chi connectivity index (χ0v) is 20.8. The molecule has 0 unspecified atom stereocenters. The molecular weight excluding hydrogens is 440 g/mol. The summed E-state index contributed by atoms with van der Waals surface area (Å²) in [4.78, 5) is 29.6. The van der Waals surface area contributed by atoms with Crippen LogP contribution in [-0.4, -0.2) is 33.2 Å². The molecule has 7 nitrogen and oxygen atoms in total. The molecule has 1 N–H and O–H groups in total. The zero-order valence-electron chi connectivity index (χ0n) is 20.8. The Morgan fingerprint density at radius 1 is 1.06 bits per heavy atom. The van der Waals surface area contributed by atoms with Crippen molar-refractivity contribution in [2.24, 2.45) is 0 Å². The molecule has 1 atom stereocenters. The maximum atomic E-state index is 14.0. The monoisotopic (exact) mass is 474 g/mol. The van der Waals surface area contributed by atoms with Crippen molar-refractivity contribution in [3.8, 4) is 11.5 Å². The van der Waals surface area contributed by atoms with Crippen molar-refractivity contribution in [2.75, 3.05) is 4.90 Å². The second kappa shape index (κ2) is 9.36. The van der Waals surface area contributed by atoms with Gasteiger partial charge in [-0.2, -0.15) is 5.10 Å². The summed E-state index contributed by atoms with van der Waals surface area (Å²) in [5, 5.41) is 7.97. The number of benzene rings is 1. The van der Waals surface area contributed by atoms with Gasteiger partial charge in [-0.25, -0.2) is 0 Å². The number of carbonyl (C=O) groups excluding carboxylic acids is 2. The summed E-state index contributed by atoms with van der Waals surface area (Å²) in [5.74, 6) is 0.233. The molecular formula is C28H34N4O3. The average molecular weight is 475 g/mol. The number of amides is 2. The lowest BCUT2D eigenvalue weighted by Crippen LogP contribution is -2.65. The predicted molar refractivity (Wildman–Crippen MR) is 135 cm³/mol. The second-order valence-electron chi connectivity index (χ2n) is 10.3. The van der Waals surface area contributed by atoms with E-state index in [0.29, 0.717) is 17.1 Å². The average Bonchev–Trinajstić information content (AvgIpc) is 3.44. The van der Waals surface area contributed by atoms with Gasteiger partial charge in [-0.1, -0.05) is 38.2 Å². The van der Waals surface area contributed by atoms with Crippen LogP contribution >= 0.6 is 0 Å². The van der Waals surface area contributed by atoms with Gasteiger partial charge in [0.25, 0.3) is 5.91 Å². The predicted octanol–water partition coefficient (Wildman–Crippen LogP) is 5.41. The Balaban J connectivity index is 1.54. The van der Waals surface area contributed by atoms with Gasteiger partial charge in [0.05, 0.1) is 12.8 Å². The van der Waals surface area contributed by atoms with Crippen molar-refractivity contribution in [2.45, 2.75) is 83.8 Å². The molecule has 1 saturated carbocycles. The van der Waals surface area contributed by atoms with E-state index in [0.717, 1.165) is 42.5 Å². The van der Waals surface area contributed by atoms with Crippen molar-refractivity contribution < 1.29 is 14.0 Å². The van der Waals surface area contributed by atoms with Crippen LogP contribution in [0.2, 0.25) is 0 Å². The molecule has 2 aliphatic rings. The van der Waals surface area contributed by atoms with Gasteiger partial charge in [-0.05, 0) is 69.0 Å². The summed E-state index contributed by atoms with van der Waals surface area (Å²) in [5.41, 5.74) is 2.74. The quantitative estimate of drug-likeness (QED) is 0.548. The summed E-state index contributed by atoms with van der Waals surface area (Å²) in [7, 11) is 0. The lowest BCUT2D eigenvalue weighted by molar-refractivity contribution is -0.127. The maximum Gasteiger partial charge on any atom is 0.277 e. The highest BCUT2D eigenvalue weighted by atomic mass is 16.3. The Morgan fingerprint density at radius 2 is 1.74 bits per heavy atom. The van der Waals surface area contributed by atoms with E-state index in [2.05, 4.69) is 16.5 Å². The number of fused-ring (bicyclic) bond motifs is 1. The van der Waals surface area contributed by atoms with Gasteiger partial charge in [-0.15, -0.1) is 0 Å². The minimum atomic E-state index is -1.13. The first-order valence-electron chi connectivity index (χ1n) is 12.7. The third kappa shape index (κ3) is 4.51. The van der Waals surface area contributed by atoms with Crippen LogP contribution in [0.25, 0.3) is 11.5 Å². The van der Waals surface area contributed by atoms with E-state index < -0.39 is 5.54 Å². The van der Waals surface area contributed by atoms with Crippen molar-refractivity contribution in [3.63, 3.8) is 0 Å². The normalized spacial score (nSPS) is 21.3. The fourth-order valence-corrected chi connectivity index (χ4v) is 5.55. The van der Waals surface area contributed by atoms with Crippen LogP contribution in [-0.2, 0) is 11.3 Å². The Morgan fingerprint density at radius 3 is 2.40 bits per heavy atom. The molecule has 5 rings (SSSR count). The summed E-state index contributed by atoms with van der Waals surface area (Å²) in [6.07, 6.45) is 9.49. The largest absolute Gasteiger partial charge is 0.463 e. The molecule has 1 fully saturated rings. The van der Waals surface area contributed by atoms with Gasteiger partial charge >= 0.3 is 0 Å². The van der Waals surface area contributed by atoms with Crippen molar-refractivity contribution >= 4 is 17.5 Å². The van der Waals surface area contributed by atoms with Crippen LogP contribution < -0.4 is 10.2 Å². The van der Waals surface area contributed by atoms with Gasteiger partial charge in [0.2, 0.25) is 5.91 Å². The number of hydrogen-bond acceptors (Lipinski definition) is 4. The van der Waals surface area contributed by atoms with E-state index in [1.165, 1.54) is 19.3 Å². The lowest BCUT2D eigenvalue weighted by Gasteiger charge is -2.44. The molecule has 2 aromatic heterocycles. The minimum absolute atomic E-state index is 0.128. The first-order valence-corrected chi connectivity index (χ1v) is 12.7. The first-order chi connectivity index (χ1) is 16.8. The van der Waals surface area contributed by atoms with Crippen molar-refractivity contribution in [1.82, 2.24) is 15.1 Å². The number of aromatic nitrogens is 2. The number of aryl methyl sites for hydroxylation is 2. The standard InChI is InChI=1S/C28H34N4O3/c1-19-14-20(2)16-22(15-19)32-26(33)24-17-23(25-12-9-13-35-25)30-31(24)18-28(32,3)27(34)29-21-10-7-5-4-6-8-11-21/h9,12-17,21H,4-8,10-11,18H2,1-3H3,(H,29,34)/t28-/m0/s1.